The molecule has 0 spiro atoms. The fourth-order valence-corrected chi connectivity index (χ4v) is 2.50. The van der Waals surface area contributed by atoms with Crippen LogP contribution in [0.25, 0.3) is 0 Å². The second-order valence-corrected chi connectivity index (χ2v) is 5.70. The van der Waals surface area contributed by atoms with Gasteiger partial charge >= 0.3 is 0 Å². The number of carbonyl (C=O) groups excluding carboxylic acids is 1. The van der Waals surface area contributed by atoms with E-state index in [-0.39, 0.29) is 17.4 Å². The third kappa shape index (κ3) is 3.83. The topological polar surface area (TPSA) is 56.8 Å². The van der Waals surface area contributed by atoms with Gasteiger partial charge in [0.1, 0.15) is 24.8 Å². The molecule has 0 radical (unpaired) electrons. The summed E-state index contributed by atoms with van der Waals surface area (Å²) in [6, 6.07) is 6.80. The smallest absolute Gasteiger partial charge is 0.262 e. The Kier molecular flexibility index (Phi) is 4.97. The lowest BCUT2D eigenvalue weighted by Gasteiger charge is -2.20. The lowest BCUT2D eigenvalue weighted by Crippen LogP contribution is -2.21. The van der Waals surface area contributed by atoms with Crippen LogP contribution < -0.4 is 19.5 Å². The zero-order chi connectivity index (χ0) is 17.1. The molecule has 1 heterocycles. The first-order chi connectivity index (χ1) is 11.5. The van der Waals surface area contributed by atoms with Crippen LogP contribution in [0.15, 0.2) is 30.3 Å². The van der Waals surface area contributed by atoms with E-state index in [1.807, 2.05) is 0 Å². The molecular weight excluding hydrogens is 360 g/mol. The molecule has 24 heavy (non-hydrogen) atoms. The molecule has 2 aromatic carbocycles. The predicted molar refractivity (Wildman–Crippen MR) is 88.0 cm³/mol. The molecule has 0 saturated heterocycles. The van der Waals surface area contributed by atoms with E-state index >= 15 is 0 Å². The van der Waals surface area contributed by atoms with Gasteiger partial charge in [-0.1, -0.05) is 23.2 Å². The average Bonchev–Trinajstić information content (AvgIpc) is 2.55. The van der Waals surface area contributed by atoms with Gasteiger partial charge in [0.15, 0.2) is 18.1 Å². The second-order valence-electron chi connectivity index (χ2n) is 4.89. The average molecular weight is 372 g/mol. The van der Waals surface area contributed by atoms with Crippen LogP contribution in [-0.4, -0.2) is 25.7 Å². The van der Waals surface area contributed by atoms with Gasteiger partial charge in [-0.2, -0.15) is 0 Å². The lowest BCUT2D eigenvalue weighted by atomic mass is 10.2. The molecule has 0 saturated carbocycles. The monoisotopic (exact) mass is 371 g/mol. The van der Waals surface area contributed by atoms with Crippen molar-refractivity contribution in [3.05, 3.63) is 46.2 Å². The number of hydrogen-bond acceptors (Lipinski definition) is 4. The van der Waals surface area contributed by atoms with Gasteiger partial charge in [-0.3, -0.25) is 4.79 Å². The molecule has 5 nitrogen and oxygen atoms in total. The minimum absolute atomic E-state index is 0.0835. The van der Waals surface area contributed by atoms with Crippen molar-refractivity contribution < 1.29 is 23.4 Å². The van der Waals surface area contributed by atoms with Crippen LogP contribution in [0.2, 0.25) is 10.0 Å². The summed E-state index contributed by atoms with van der Waals surface area (Å²) in [6.07, 6.45) is 0. The standard InChI is InChI=1S/C16H12Cl2FNO4/c17-10-6-14-15(23-4-3-22-14)7-12(10)20-16(21)8-24-13-2-1-9(19)5-11(13)18/h1-2,5-7H,3-4,8H2,(H,20,21). The van der Waals surface area contributed by atoms with Gasteiger partial charge in [-0.15, -0.1) is 0 Å². The van der Waals surface area contributed by atoms with Crippen LogP contribution in [0.3, 0.4) is 0 Å². The highest BCUT2D eigenvalue weighted by atomic mass is 35.5. The minimum atomic E-state index is -0.486. The summed E-state index contributed by atoms with van der Waals surface area (Å²) in [5.41, 5.74) is 0.375. The molecule has 0 bridgehead atoms. The molecule has 0 aromatic heterocycles. The Bertz CT molecular complexity index is 785. The summed E-state index contributed by atoms with van der Waals surface area (Å²) >= 11 is 11.9. The highest BCUT2D eigenvalue weighted by Crippen LogP contribution is 2.37. The molecule has 3 rings (SSSR count). The Morgan fingerprint density at radius 1 is 1.12 bits per heavy atom. The summed E-state index contributed by atoms with van der Waals surface area (Å²) in [7, 11) is 0. The van der Waals surface area contributed by atoms with Gasteiger partial charge < -0.3 is 19.5 Å². The SMILES string of the molecule is O=C(COc1ccc(F)cc1Cl)Nc1cc2c(cc1Cl)OCCO2. The van der Waals surface area contributed by atoms with E-state index in [1.54, 1.807) is 12.1 Å². The van der Waals surface area contributed by atoms with Crippen LogP contribution in [0.1, 0.15) is 0 Å². The molecule has 0 atom stereocenters. The van der Waals surface area contributed by atoms with Crippen molar-refractivity contribution in [3.63, 3.8) is 0 Å². The summed E-state index contributed by atoms with van der Waals surface area (Å²) < 4.78 is 29.1. The van der Waals surface area contributed by atoms with Crippen molar-refractivity contribution in [2.24, 2.45) is 0 Å². The molecule has 0 aliphatic carbocycles. The molecule has 0 fully saturated rings. The van der Waals surface area contributed by atoms with E-state index in [0.29, 0.717) is 35.4 Å². The number of nitrogens with one attached hydrogen (secondary N) is 1. The summed E-state index contributed by atoms with van der Waals surface area (Å²) in [5.74, 6) is 0.303. The molecular formula is C16H12Cl2FNO4. The number of rotatable bonds is 4. The number of hydrogen-bond donors (Lipinski definition) is 1. The molecule has 0 unspecified atom stereocenters. The van der Waals surface area contributed by atoms with Gasteiger partial charge in [-0.25, -0.2) is 4.39 Å². The van der Waals surface area contributed by atoms with E-state index in [2.05, 4.69) is 5.32 Å². The minimum Gasteiger partial charge on any atom is -0.486 e. The van der Waals surface area contributed by atoms with Gasteiger partial charge in [0.2, 0.25) is 0 Å². The number of halogens is 3. The fourth-order valence-electron chi connectivity index (χ4n) is 2.08. The maximum Gasteiger partial charge on any atom is 0.262 e. The van der Waals surface area contributed by atoms with E-state index in [1.165, 1.54) is 12.1 Å². The first-order valence-corrected chi connectivity index (χ1v) is 7.75. The van der Waals surface area contributed by atoms with E-state index in [0.717, 1.165) is 6.07 Å². The van der Waals surface area contributed by atoms with Crippen LogP contribution in [0, 0.1) is 5.82 Å². The van der Waals surface area contributed by atoms with E-state index < -0.39 is 11.7 Å². The Morgan fingerprint density at radius 3 is 2.54 bits per heavy atom. The summed E-state index contributed by atoms with van der Waals surface area (Å²) in [6.45, 7) is 0.561. The van der Waals surface area contributed by atoms with Crippen molar-refractivity contribution >= 4 is 34.8 Å². The van der Waals surface area contributed by atoms with Crippen molar-refractivity contribution in [1.82, 2.24) is 0 Å². The largest absolute Gasteiger partial charge is 0.486 e. The van der Waals surface area contributed by atoms with Crippen LogP contribution in [0.4, 0.5) is 10.1 Å². The number of carbonyl (C=O) groups is 1. The molecule has 1 aliphatic heterocycles. The Labute approximate surface area is 147 Å². The number of benzene rings is 2. The van der Waals surface area contributed by atoms with E-state index in [9.17, 15) is 9.18 Å². The quantitative estimate of drug-likeness (QED) is 0.884. The Morgan fingerprint density at radius 2 is 1.83 bits per heavy atom. The molecule has 1 aliphatic rings. The van der Waals surface area contributed by atoms with Gasteiger partial charge in [0, 0.05) is 12.1 Å². The first kappa shape index (κ1) is 16.7. The van der Waals surface area contributed by atoms with Crippen molar-refractivity contribution in [1.29, 1.82) is 0 Å². The van der Waals surface area contributed by atoms with Crippen molar-refractivity contribution in [2.45, 2.75) is 0 Å². The number of ether oxygens (including phenoxy) is 3. The van der Waals surface area contributed by atoms with Crippen molar-refractivity contribution in [3.8, 4) is 17.2 Å². The second kappa shape index (κ2) is 7.15. The number of fused-ring (bicyclic) bond motifs is 1. The summed E-state index contributed by atoms with van der Waals surface area (Å²) in [4.78, 5) is 12.0. The zero-order valence-corrected chi connectivity index (χ0v) is 13.8. The summed E-state index contributed by atoms with van der Waals surface area (Å²) in [5, 5.41) is 3.01. The lowest BCUT2D eigenvalue weighted by molar-refractivity contribution is -0.118. The van der Waals surface area contributed by atoms with Gasteiger partial charge in [-0.05, 0) is 18.2 Å². The molecule has 126 valence electrons. The zero-order valence-electron chi connectivity index (χ0n) is 12.3. The molecule has 2 aromatic rings. The van der Waals surface area contributed by atoms with Crippen LogP contribution in [0.5, 0.6) is 17.2 Å². The van der Waals surface area contributed by atoms with Gasteiger partial charge in [0.05, 0.1) is 15.7 Å². The third-order valence-corrected chi connectivity index (χ3v) is 3.77. The van der Waals surface area contributed by atoms with E-state index in [4.69, 9.17) is 37.4 Å². The molecule has 1 N–H and O–H groups in total. The fraction of sp³-hybridized carbons (Fsp3) is 0.188. The highest BCUT2D eigenvalue weighted by molar-refractivity contribution is 6.34. The van der Waals surface area contributed by atoms with Crippen LogP contribution in [-0.2, 0) is 4.79 Å². The van der Waals surface area contributed by atoms with Crippen LogP contribution >= 0.6 is 23.2 Å². The molecule has 8 heteroatoms. The highest BCUT2D eigenvalue weighted by Gasteiger charge is 2.16. The normalized spacial score (nSPS) is 12.6. The predicted octanol–water partition coefficient (Wildman–Crippen LogP) is 3.92. The van der Waals surface area contributed by atoms with Crippen molar-refractivity contribution in [2.75, 3.05) is 25.1 Å². The third-order valence-electron chi connectivity index (χ3n) is 3.16. The maximum absolute atomic E-state index is 13.0. The molecule has 1 amide bonds. The number of amides is 1. The Hall–Kier alpha value is -2.18. The first-order valence-electron chi connectivity index (χ1n) is 7.00. The van der Waals surface area contributed by atoms with Gasteiger partial charge in [0.25, 0.3) is 5.91 Å². The number of anilines is 1. The Balaban J connectivity index is 1.64. The maximum atomic E-state index is 13.0.